The highest BCUT2D eigenvalue weighted by Gasteiger charge is 2.78. The maximum Gasteiger partial charge on any atom is 0.408 e. The van der Waals surface area contributed by atoms with Crippen LogP contribution in [0.4, 0.5) is 4.79 Å². The predicted molar refractivity (Wildman–Crippen MR) is 255 cm³/mol. The van der Waals surface area contributed by atoms with Crippen molar-refractivity contribution in [3.63, 3.8) is 0 Å². The first kappa shape index (κ1) is 54.2. The number of alkyl carbamates (subject to hydrolysis) is 1. The van der Waals surface area contributed by atoms with Crippen molar-refractivity contribution in [2.24, 2.45) is 22.7 Å². The highest BCUT2D eigenvalue weighted by Crippen LogP contribution is 2.65. The van der Waals surface area contributed by atoms with Crippen LogP contribution >= 0.6 is 0 Å². The molecule has 18 heteroatoms. The number of Topliss-reactive ketones (excluding diaryl/α,β-unsaturated/α-hetero) is 2. The number of carbonyl (C=O) groups is 7. The average Bonchev–Trinajstić information content (AvgIpc) is 3.82. The number of fused-ring (bicyclic) bond motifs is 5. The van der Waals surface area contributed by atoms with Gasteiger partial charge in [-0.2, -0.15) is 0 Å². The summed E-state index contributed by atoms with van der Waals surface area (Å²) in [7, 11) is 2.75. The molecule has 5 aliphatic rings. The molecule has 7 rings (SSSR count). The van der Waals surface area contributed by atoms with Crippen LogP contribution in [-0.2, 0) is 66.6 Å². The summed E-state index contributed by atoms with van der Waals surface area (Å²) in [6.07, 6.45) is -11.7. The van der Waals surface area contributed by atoms with Gasteiger partial charge in [-0.25, -0.2) is 19.2 Å². The Hall–Kier alpha value is -5.53. The van der Waals surface area contributed by atoms with Crippen molar-refractivity contribution in [2.75, 3.05) is 20.8 Å². The van der Waals surface area contributed by atoms with Crippen molar-refractivity contribution in [1.82, 2.24) is 5.32 Å². The van der Waals surface area contributed by atoms with Crippen molar-refractivity contribution in [1.29, 1.82) is 0 Å². The van der Waals surface area contributed by atoms with Gasteiger partial charge in [0.25, 0.3) is 0 Å². The fourth-order valence-corrected chi connectivity index (χ4v) is 11.8. The SMILES string of the molecule is CO[C@H]1C(=O)[C@]2(C)[C@@H](OC)C[C@H]3OC[C@@]3(OC(C)=O)[C@H]2[C@H](OC(=O)c2ccccc2)[C@]2(O)C[C@H](OC(=O)[C@H](OC(=O)C3CCC(C(=O)C(C)C)O3)[C@@H](NC(=O)OC(C)(C)C)c3ccccc3)C(C)=C1C2(C)C. The molecule has 4 fully saturated rings. The van der Waals surface area contributed by atoms with Crippen molar-refractivity contribution < 1.29 is 81.3 Å². The Morgan fingerprint density at radius 2 is 1.50 bits per heavy atom. The second-order valence-electron chi connectivity index (χ2n) is 21.7. The van der Waals surface area contributed by atoms with Gasteiger partial charge in [-0.3, -0.25) is 14.4 Å². The van der Waals surface area contributed by atoms with E-state index in [4.69, 9.17) is 42.6 Å². The topological polar surface area (TPSA) is 235 Å². The highest BCUT2D eigenvalue weighted by molar-refractivity contribution is 5.94. The number of esters is 4. The summed E-state index contributed by atoms with van der Waals surface area (Å²) in [5.74, 6) is -6.33. The Balaban J connectivity index is 1.39. The summed E-state index contributed by atoms with van der Waals surface area (Å²) in [4.78, 5) is 99.8. The second kappa shape index (κ2) is 20.4. The molecule has 3 aliphatic carbocycles. The normalized spacial score (nSPS) is 32.6. The molecule has 72 heavy (non-hydrogen) atoms. The number of aliphatic hydroxyl groups is 1. The third-order valence-electron chi connectivity index (χ3n) is 15.4. The number of carbonyl (C=O) groups excluding carboxylic acids is 7. The number of benzene rings is 2. The number of ketones is 2. The summed E-state index contributed by atoms with van der Waals surface area (Å²) in [5, 5.41) is 16.7. The fourth-order valence-electron chi connectivity index (χ4n) is 11.8. The van der Waals surface area contributed by atoms with E-state index in [9.17, 15) is 29.1 Å². The first-order valence-corrected chi connectivity index (χ1v) is 24.5. The number of ether oxygens (including phenoxy) is 9. The molecule has 0 radical (unpaired) electrons. The van der Waals surface area contributed by atoms with E-state index in [-0.39, 0.29) is 54.3 Å². The summed E-state index contributed by atoms with van der Waals surface area (Å²) in [5.41, 5.74) is -7.36. The monoisotopic (exact) mass is 1000 g/mol. The van der Waals surface area contributed by atoms with Crippen LogP contribution in [0.3, 0.4) is 0 Å². The molecule has 2 bridgehead atoms. The van der Waals surface area contributed by atoms with E-state index in [0.29, 0.717) is 5.56 Å². The zero-order chi connectivity index (χ0) is 52.9. The quantitative estimate of drug-likeness (QED) is 0.128. The largest absolute Gasteiger partial charge is 0.455 e. The van der Waals surface area contributed by atoms with E-state index < -0.39 is 131 Å². The van der Waals surface area contributed by atoms with Crippen molar-refractivity contribution in [3.05, 3.63) is 82.9 Å². The molecule has 392 valence electrons. The average molecular weight is 1000 g/mol. The molecule has 2 saturated carbocycles. The van der Waals surface area contributed by atoms with Gasteiger partial charge in [-0.05, 0) is 76.3 Å². The van der Waals surface area contributed by atoms with Gasteiger partial charge in [0.05, 0.1) is 29.6 Å². The van der Waals surface area contributed by atoms with E-state index in [2.05, 4.69) is 5.32 Å². The Morgan fingerprint density at radius 1 is 0.875 bits per heavy atom. The van der Waals surface area contributed by atoms with Gasteiger partial charge in [0, 0.05) is 45.3 Å². The van der Waals surface area contributed by atoms with Crippen LogP contribution in [0.1, 0.15) is 117 Å². The number of methoxy groups -OCH3 is 2. The van der Waals surface area contributed by atoms with E-state index in [1.54, 1.807) is 111 Å². The van der Waals surface area contributed by atoms with Gasteiger partial charge in [0.2, 0.25) is 6.10 Å². The van der Waals surface area contributed by atoms with Gasteiger partial charge >= 0.3 is 30.0 Å². The van der Waals surface area contributed by atoms with Crippen LogP contribution in [-0.4, -0.2) is 133 Å². The Labute approximate surface area is 420 Å². The predicted octanol–water partition coefficient (Wildman–Crippen LogP) is 5.89. The number of nitrogens with one attached hydrogen (secondary N) is 1. The second-order valence-corrected chi connectivity index (χ2v) is 21.7. The highest BCUT2D eigenvalue weighted by atomic mass is 16.6. The molecule has 18 nitrogen and oxygen atoms in total. The molecule has 2 aliphatic heterocycles. The van der Waals surface area contributed by atoms with Crippen LogP contribution in [0.15, 0.2) is 71.8 Å². The molecule has 2 aromatic carbocycles. The molecule has 2 heterocycles. The van der Waals surface area contributed by atoms with E-state index in [0.717, 1.165) is 0 Å². The molecular weight excluding hydrogens is 935 g/mol. The third-order valence-corrected chi connectivity index (χ3v) is 15.4. The van der Waals surface area contributed by atoms with E-state index in [1.807, 2.05) is 0 Å². The zero-order valence-corrected chi connectivity index (χ0v) is 43.1. The van der Waals surface area contributed by atoms with Gasteiger partial charge in [0.1, 0.15) is 47.8 Å². The van der Waals surface area contributed by atoms with Crippen LogP contribution < -0.4 is 5.32 Å². The molecular formula is C54H69NO17. The first-order chi connectivity index (χ1) is 33.7. The smallest absolute Gasteiger partial charge is 0.408 e. The molecule has 0 aromatic heterocycles. The van der Waals surface area contributed by atoms with Crippen molar-refractivity contribution in [3.8, 4) is 0 Å². The van der Waals surface area contributed by atoms with Gasteiger partial charge in [-0.15, -0.1) is 0 Å². The van der Waals surface area contributed by atoms with Crippen LogP contribution in [0.2, 0.25) is 0 Å². The maximum atomic E-state index is 15.8. The van der Waals surface area contributed by atoms with Crippen LogP contribution in [0, 0.1) is 22.7 Å². The summed E-state index contributed by atoms with van der Waals surface area (Å²) in [6.45, 7) is 15.9. The summed E-state index contributed by atoms with van der Waals surface area (Å²) in [6, 6.07) is 14.8. The van der Waals surface area contributed by atoms with E-state index >= 15 is 9.59 Å². The van der Waals surface area contributed by atoms with Crippen molar-refractivity contribution >= 4 is 41.5 Å². The van der Waals surface area contributed by atoms with Gasteiger partial charge in [-0.1, -0.05) is 76.2 Å². The summed E-state index contributed by atoms with van der Waals surface area (Å²) < 4.78 is 55.2. The van der Waals surface area contributed by atoms with E-state index in [1.165, 1.54) is 33.3 Å². The lowest BCUT2D eigenvalue weighted by molar-refractivity contribution is -0.347. The molecule has 2 unspecified atom stereocenters. The first-order valence-electron chi connectivity index (χ1n) is 24.5. The van der Waals surface area contributed by atoms with Gasteiger partial charge < -0.3 is 53.1 Å². The third kappa shape index (κ3) is 9.72. The lowest BCUT2D eigenvalue weighted by atomic mass is 9.44. The number of hydrogen-bond acceptors (Lipinski definition) is 17. The fraction of sp³-hybridized carbons (Fsp3) is 0.611. The Morgan fingerprint density at radius 3 is 2.06 bits per heavy atom. The standard InChI is InChI=1S/C54H69NO17/c1-28(2)40(57)33-23-24-34(67-33)47(60)69-42(39(31-19-15-13-16-20-31)55-49(62)72-50(5,6)7)48(61)68-35-26-54(63)45(70-46(59)32-21-17-14-18-22-32)43-52(10,44(58)41(65-12)38(29(35)3)51(54,8)9)36(64-11)25-37-53(43,27-66-37)71-30(4)56/h13-22,28,33-37,39,41-43,45,63H,23-27H2,1-12H3,(H,55,62)/t33?,34?,35-,36-,37+,39-,41+,42+,43-,45-,52+,53-,54+/m0/s1. The van der Waals surface area contributed by atoms with Crippen molar-refractivity contribution in [2.45, 2.75) is 167 Å². The minimum absolute atomic E-state index is 0.0823. The minimum Gasteiger partial charge on any atom is -0.455 e. The molecule has 1 amide bonds. The van der Waals surface area contributed by atoms with Crippen LogP contribution in [0.25, 0.3) is 0 Å². The Kier molecular flexibility index (Phi) is 15.4. The molecule has 2 saturated heterocycles. The molecule has 2 aromatic rings. The zero-order valence-electron chi connectivity index (χ0n) is 43.1. The molecule has 0 spiro atoms. The summed E-state index contributed by atoms with van der Waals surface area (Å²) >= 11 is 0. The lowest BCUT2D eigenvalue weighted by Gasteiger charge is -2.67. The lowest BCUT2D eigenvalue weighted by Crippen LogP contribution is -2.82. The maximum absolute atomic E-state index is 15.8. The number of hydrogen-bond donors (Lipinski definition) is 2. The number of amides is 1. The molecule has 13 atom stereocenters. The van der Waals surface area contributed by atoms with Crippen LogP contribution in [0.5, 0.6) is 0 Å². The Bertz CT molecular complexity index is 2450. The number of rotatable bonds is 14. The minimum atomic E-state index is -2.32. The van der Waals surface area contributed by atoms with Gasteiger partial charge in [0.15, 0.2) is 23.3 Å². The molecule has 2 N–H and O–H groups in total.